The van der Waals surface area contributed by atoms with Crippen LogP contribution in [0.4, 0.5) is 0 Å². The van der Waals surface area contributed by atoms with Crippen LogP contribution in [-0.4, -0.2) is 80.4 Å². The van der Waals surface area contributed by atoms with Gasteiger partial charge in [0.25, 0.3) is 0 Å². The Bertz CT molecular complexity index is 1370. The smallest absolute Gasteiger partial charge is 0.326 e. The molecule has 3 rings (SSSR count). The summed E-state index contributed by atoms with van der Waals surface area (Å²) >= 11 is 0. The lowest BCUT2D eigenvalue weighted by molar-refractivity contribution is -0.142. The molecule has 0 bridgehead atoms. The second-order valence-corrected chi connectivity index (χ2v) is 9.59. The fourth-order valence-corrected chi connectivity index (χ4v) is 4.17. The molecule has 4 atom stereocenters. The van der Waals surface area contributed by atoms with E-state index in [0.29, 0.717) is 12.1 Å². The second kappa shape index (κ2) is 14.5. The largest absolute Gasteiger partial charge is 0.480 e. The number of carboxylic acid groups (broad SMARTS) is 1. The number of aliphatic imine (C=N–C) groups is 1. The van der Waals surface area contributed by atoms with Crippen molar-refractivity contribution in [2.75, 3.05) is 6.54 Å². The average Bonchev–Trinajstić information content (AvgIpc) is 3.59. The number of hydrogen-bond donors (Lipinski definition) is 9. The molecule has 0 saturated heterocycles. The van der Waals surface area contributed by atoms with E-state index in [2.05, 4.69) is 35.9 Å². The summed E-state index contributed by atoms with van der Waals surface area (Å²) in [5.41, 5.74) is 18.8. The predicted molar refractivity (Wildman–Crippen MR) is 151 cm³/mol. The fraction of sp³-hybridized carbons (Fsp3) is 0.385. The molecule has 0 fully saturated rings. The number of para-hydroxylation sites is 1. The van der Waals surface area contributed by atoms with Gasteiger partial charge in [0.1, 0.15) is 18.1 Å². The SMILES string of the molecule is CC(NC(=O)C(N)Cc1cnc[nH]1)C(=O)NC(Cc1c[nH]c2ccccc12)C(=O)NC(CCCN=C(N)N)C(=O)O. The zero-order chi connectivity index (χ0) is 29.9. The predicted octanol–water partition coefficient (Wildman–Crippen LogP) is -1.38. The normalized spacial score (nSPS) is 13.9. The molecule has 12 N–H and O–H groups in total. The summed E-state index contributed by atoms with van der Waals surface area (Å²) < 4.78 is 0. The van der Waals surface area contributed by atoms with Gasteiger partial charge in [-0.2, -0.15) is 0 Å². The number of carboxylic acids is 1. The van der Waals surface area contributed by atoms with Crippen LogP contribution in [0.3, 0.4) is 0 Å². The lowest BCUT2D eigenvalue weighted by atomic mass is 10.0. The number of rotatable bonds is 15. The van der Waals surface area contributed by atoms with E-state index < -0.39 is 47.9 Å². The van der Waals surface area contributed by atoms with Gasteiger partial charge in [-0.25, -0.2) is 9.78 Å². The van der Waals surface area contributed by atoms with Gasteiger partial charge in [0.05, 0.1) is 12.4 Å². The Kier molecular flexibility index (Phi) is 10.8. The van der Waals surface area contributed by atoms with Crippen LogP contribution in [0.15, 0.2) is 48.0 Å². The standard InChI is InChI=1S/C26H36N10O5/c1-14(34-23(38)18(27)10-16-12-30-13-33-16)22(37)36-21(9-15-11-32-19-6-3-2-5-17(15)19)24(39)35-20(25(40)41)7-4-8-31-26(28)29/h2-3,5-6,11-14,18,20-21,32H,4,7-10,27H2,1H3,(H,30,33)(H,34,38)(H,35,39)(H,36,37)(H,40,41)(H4,28,29,31). The van der Waals surface area contributed by atoms with Crippen LogP contribution < -0.4 is 33.2 Å². The van der Waals surface area contributed by atoms with E-state index in [1.807, 2.05) is 24.3 Å². The molecule has 0 aliphatic heterocycles. The van der Waals surface area contributed by atoms with E-state index in [0.717, 1.165) is 16.5 Å². The van der Waals surface area contributed by atoms with Crippen molar-refractivity contribution in [2.24, 2.45) is 22.2 Å². The number of amides is 3. The molecule has 0 saturated carbocycles. The molecule has 0 aliphatic carbocycles. The van der Waals surface area contributed by atoms with Crippen molar-refractivity contribution in [2.45, 2.75) is 56.8 Å². The number of nitrogens with one attached hydrogen (secondary N) is 5. The Morgan fingerprint density at radius 2 is 1.73 bits per heavy atom. The first-order chi connectivity index (χ1) is 19.5. The topological polar surface area (TPSA) is 259 Å². The molecular formula is C26H36N10O5. The van der Waals surface area contributed by atoms with Crippen LogP contribution in [0, 0.1) is 0 Å². The van der Waals surface area contributed by atoms with Gasteiger partial charge in [0.2, 0.25) is 17.7 Å². The van der Waals surface area contributed by atoms with Gasteiger partial charge in [-0.1, -0.05) is 18.2 Å². The van der Waals surface area contributed by atoms with Crippen molar-refractivity contribution in [3.05, 3.63) is 54.2 Å². The summed E-state index contributed by atoms with van der Waals surface area (Å²) in [6.07, 6.45) is 5.34. The molecule has 220 valence electrons. The van der Waals surface area contributed by atoms with Crippen molar-refractivity contribution in [1.82, 2.24) is 30.9 Å². The lowest BCUT2D eigenvalue weighted by Gasteiger charge is -2.24. The number of hydrogen-bond acceptors (Lipinski definition) is 7. The van der Waals surface area contributed by atoms with E-state index in [4.69, 9.17) is 17.2 Å². The molecule has 4 unspecified atom stereocenters. The minimum atomic E-state index is -1.24. The molecule has 0 radical (unpaired) electrons. The van der Waals surface area contributed by atoms with Crippen LogP contribution in [0.1, 0.15) is 31.0 Å². The molecule has 3 amide bonds. The summed E-state index contributed by atoms with van der Waals surface area (Å²) in [4.78, 5) is 64.5. The van der Waals surface area contributed by atoms with Gasteiger partial charge in [0.15, 0.2) is 5.96 Å². The summed E-state index contributed by atoms with van der Waals surface area (Å²) in [7, 11) is 0. The molecule has 15 heteroatoms. The van der Waals surface area contributed by atoms with Crippen LogP contribution in [-0.2, 0) is 32.0 Å². The number of carbonyl (C=O) groups excluding carboxylic acids is 3. The maximum Gasteiger partial charge on any atom is 0.326 e. The zero-order valence-corrected chi connectivity index (χ0v) is 22.6. The highest BCUT2D eigenvalue weighted by Gasteiger charge is 2.29. The number of benzene rings is 1. The first kappa shape index (κ1) is 30.6. The number of carbonyl (C=O) groups is 4. The Morgan fingerprint density at radius 3 is 2.41 bits per heavy atom. The Labute approximate surface area is 235 Å². The van der Waals surface area contributed by atoms with Gasteiger partial charge >= 0.3 is 5.97 Å². The lowest BCUT2D eigenvalue weighted by Crippen LogP contribution is -2.57. The van der Waals surface area contributed by atoms with Crippen molar-refractivity contribution < 1.29 is 24.3 Å². The highest BCUT2D eigenvalue weighted by molar-refractivity contribution is 5.94. The Hall–Kier alpha value is -4.92. The van der Waals surface area contributed by atoms with E-state index in [1.54, 1.807) is 12.4 Å². The molecule has 1 aromatic carbocycles. The fourth-order valence-electron chi connectivity index (χ4n) is 4.17. The molecular weight excluding hydrogens is 532 g/mol. The molecule has 2 heterocycles. The third-order valence-corrected chi connectivity index (χ3v) is 6.38. The molecule has 2 aromatic heterocycles. The third kappa shape index (κ3) is 9.06. The van der Waals surface area contributed by atoms with Crippen LogP contribution in [0.5, 0.6) is 0 Å². The van der Waals surface area contributed by atoms with E-state index in [-0.39, 0.29) is 31.8 Å². The molecule has 0 aliphatic rings. The highest BCUT2D eigenvalue weighted by Crippen LogP contribution is 2.19. The van der Waals surface area contributed by atoms with Crippen LogP contribution in [0.2, 0.25) is 0 Å². The van der Waals surface area contributed by atoms with E-state index >= 15 is 0 Å². The van der Waals surface area contributed by atoms with Gasteiger partial charge < -0.3 is 48.2 Å². The maximum absolute atomic E-state index is 13.3. The van der Waals surface area contributed by atoms with Crippen molar-refractivity contribution >= 4 is 40.6 Å². The molecule has 41 heavy (non-hydrogen) atoms. The maximum atomic E-state index is 13.3. The number of imidazole rings is 1. The summed E-state index contributed by atoms with van der Waals surface area (Å²) in [6, 6.07) is 3.06. The van der Waals surface area contributed by atoms with Crippen LogP contribution >= 0.6 is 0 Å². The van der Waals surface area contributed by atoms with E-state index in [1.165, 1.54) is 13.3 Å². The molecule has 0 spiro atoms. The van der Waals surface area contributed by atoms with Gasteiger partial charge in [-0.05, 0) is 31.4 Å². The first-order valence-electron chi connectivity index (χ1n) is 13.0. The minimum absolute atomic E-state index is 0.0575. The second-order valence-electron chi connectivity index (χ2n) is 9.59. The summed E-state index contributed by atoms with van der Waals surface area (Å²) in [5.74, 6) is -3.27. The Balaban J connectivity index is 1.71. The number of guanidine groups is 1. The Morgan fingerprint density at radius 1 is 1.00 bits per heavy atom. The number of nitrogens with zero attached hydrogens (tertiary/aromatic N) is 2. The summed E-state index contributed by atoms with van der Waals surface area (Å²) in [6.45, 7) is 1.65. The van der Waals surface area contributed by atoms with Gasteiger partial charge in [-0.3, -0.25) is 19.4 Å². The molecule has 15 nitrogen and oxygen atoms in total. The quantitative estimate of drug-likeness (QED) is 0.0593. The van der Waals surface area contributed by atoms with Gasteiger partial charge in [0, 0.05) is 48.4 Å². The molecule has 3 aromatic rings. The number of aromatic amines is 2. The number of H-pyrrole nitrogens is 2. The third-order valence-electron chi connectivity index (χ3n) is 6.38. The first-order valence-corrected chi connectivity index (χ1v) is 13.0. The van der Waals surface area contributed by atoms with Crippen molar-refractivity contribution in [1.29, 1.82) is 0 Å². The van der Waals surface area contributed by atoms with Crippen LogP contribution in [0.25, 0.3) is 10.9 Å². The number of aromatic nitrogens is 3. The number of fused-ring (bicyclic) bond motifs is 1. The van der Waals surface area contributed by atoms with Crippen molar-refractivity contribution in [3.63, 3.8) is 0 Å². The summed E-state index contributed by atoms with van der Waals surface area (Å²) in [5, 5.41) is 18.2. The average molecular weight is 569 g/mol. The van der Waals surface area contributed by atoms with Crippen molar-refractivity contribution in [3.8, 4) is 0 Å². The highest BCUT2D eigenvalue weighted by atomic mass is 16.4. The van der Waals surface area contributed by atoms with E-state index in [9.17, 15) is 24.3 Å². The zero-order valence-electron chi connectivity index (χ0n) is 22.6. The monoisotopic (exact) mass is 568 g/mol. The van der Waals surface area contributed by atoms with Gasteiger partial charge in [-0.15, -0.1) is 0 Å². The number of nitrogens with two attached hydrogens (primary N) is 3. The minimum Gasteiger partial charge on any atom is -0.480 e. The number of aliphatic carboxylic acids is 1.